The van der Waals surface area contributed by atoms with Crippen LogP contribution in [0.25, 0.3) is 0 Å². The Balaban J connectivity index is 2.54. The zero-order valence-corrected chi connectivity index (χ0v) is 10.3. The molecule has 0 heterocycles. The van der Waals surface area contributed by atoms with Gasteiger partial charge in [-0.15, -0.1) is 0 Å². The second-order valence-electron chi connectivity index (χ2n) is 4.17. The quantitative estimate of drug-likeness (QED) is 0.880. The topological polar surface area (TPSA) is 44.5 Å². The molecular formula is C12H16ClNO2. The highest BCUT2D eigenvalue weighted by Gasteiger charge is 2.45. The van der Waals surface area contributed by atoms with Gasteiger partial charge in [-0.1, -0.05) is 11.6 Å². The summed E-state index contributed by atoms with van der Waals surface area (Å²) in [6.07, 6.45) is 2.17. The molecular weight excluding hydrogens is 226 g/mol. The summed E-state index contributed by atoms with van der Waals surface area (Å²) in [6, 6.07) is 3.69. The zero-order valence-electron chi connectivity index (χ0n) is 9.55. The molecule has 0 bridgehead atoms. The van der Waals surface area contributed by atoms with Gasteiger partial charge >= 0.3 is 0 Å². The Morgan fingerprint density at radius 2 is 2.00 bits per heavy atom. The fourth-order valence-corrected chi connectivity index (χ4v) is 2.27. The molecule has 0 spiro atoms. The monoisotopic (exact) mass is 241 g/mol. The van der Waals surface area contributed by atoms with E-state index in [1.54, 1.807) is 20.3 Å². The van der Waals surface area contributed by atoms with Gasteiger partial charge in [0.1, 0.15) is 0 Å². The maximum atomic E-state index is 6.07. The lowest BCUT2D eigenvalue weighted by molar-refractivity contribution is 0.348. The van der Waals surface area contributed by atoms with E-state index < -0.39 is 0 Å². The van der Waals surface area contributed by atoms with Gasteiger partial charge in [-0.05, 0) is 18.9 Å². The van der Waals surface area contributed by atoms with Crippen LogP contribution in [0.4, 0.5) is 0 Å². The first-order valence-corrected chi connectivity index (χ1v) is 5.67. The molecule has 2 rings (SSSR count). The van der Waals surface area contributed by atoms with E-state index in [0.717, 1.165) is 24.2 Å². The fraction of sp³-hybridized carbons (Fsp3) is 0.500. The van der Waals surface area contributed by atoms with Crippen LogP contribution < -0.4 is 15.2 Å². The average Bonchev–Trinajstić information content (AvgIpc) is 3.08. The van der Waals surface area contributed by atoms with Crippen molar-refractivity contribution in [3.63, 3.8) is 0 Å². The number of ether oxygens (including phenoxy) is 2. The molecule has 0 saturated heterocycles. The third kappa shape index (κ3) is 1.74. The van der Waals surface area contributed by atoms with E-state index in [2.05, 4.69) is 0 Å². The van der Waals surface area contributed by atoms with Crippen molar-refractivity contribution in [1.29, 1.82) is 0 Å². The number of halogens is 1. The molecule has 1 aromatic carbocycles. The van der Waals surface area contributed by atoms with Crippen molar-refractivity contribution in [2.24, 2.45) is 5.73 Å². The Morgan fingerprint density at radius 3 is 2.44 bits per heavy atom. The highest BCUT2D eigenvalue weighted by atomic mass is 35.5. The van der Waals surface area contributed by atoms with Crippen LogP contribution in [-0.2, 0) is 5.41 Å². The van der Waals surface area contributed by atoms with Crippen LogP contribution in [0.1, 0.15) is 18.4 Å². The van der Waals surface area contributed by atoms with Gasteiger partial charge in [0.05, 0.1) is 14.2 Å². The van der Waals surface area contributed by atoms with E-state index in [1.165, 1.54) is 0 Å². The molecule has 3 nitrogen and oxygen atoms in total. The van der Waals surface area contributed by atoms with Gasteiger partial charge in [-0.3, -0.25) is 0 Å². The van der Waals surface area contributed by atoms with Gasteiger partial charge in [0, 0.05) is 28.6 Å². The largest absolute Gasteiger partial charge is 0.493 e. The van der Waals surface area contributed by atoms with Gasteiger partial charge in [0.2, 0.25) is 0 Å². The smallest absolute Gasteiger partial charge is 0.164 e. The van der Waals surface area contributed by atoms with E-state index in [4.69, 9.17) is 26.8 Å². The van der Waals surface area contributed by atoms with Crippen LogP contribution in [0.2, 0.25) is 5.02 Å². The van der Waals surface area contributed by atoms with Crippen molar-refractivity contribution in [2.45, 2.75) is 18.3 Å². The van der Waals surface area contributed by atoms with E-state index in [9.17, 15) is 0 Å². The number of nitrogens with two attached hydrogens (primary N) is 1. The molecule has 4 heteroatoms. The first-order valence-electron chi connectivity index (χ1n) is 5.29. The predicted molar refractivity (Wildman–Crippen MR) is 64.5 cm³/mol. The van der Waals surface area contributed by atoms with E-state index >= 15 is 0 Å². The van der Waals surface area contributed by atoms with Crippen LogP contribution in [0.5, 0.6) is 11.5 Å². The van der Waals surface area contributed by atoms with E-state index in [1.807, 2.05) is 6.07 Å². The maximum absolute atomic E-state index is 6.07. The third-order valence-electron chi connectivity index (χ3n) is 3.26. The van der Waals surface area contributed by atoms with Crippen molar-refractivity contribution in [3.8, 4) is 11.5 Å². The summed E-state index contributed by atoms with van der Waals surface area (Å²) in [5, 5.41) is 0.660. The normalized spacial score (nSPS) is 17.0. The molecule has 0 aromatic heterocycles. The lowest BCUT2D eigenvalue weighted by atomic mass is 9.95. The van der Waals surface area contributed by atoms with Gasteiger partial charge in [-0.25, -0.2) is 0 Å². The highest BCUT2D eigenvalue weighted by Crippen LogP contribution is 2.53. The van der Waals surface area contributed by atoms with Crippen molar-refractivity contribution >= 4 is 11.6 Å². The minimum atomic E-state index is 0.0452. The predicted octanol–water partition coefficient (Wildman–Crippen LogP) is 2.35. The van der Waals surface area contributed by atoms with Gasteiger partial charge in [0.15, 0.2) is 11.5 Å². The van der Waals surface area contributed by atoms with Crippen molar-refractivity contribution in [3.05, 3.63) is 22.7 Å². The summed E-state index contributed by atoms with van der Waals surface area (Å²) in [5.41, 5.74) is 6.94. The minimum Gasteiger partial charge on any atom is -0.493 e. The number of hydrogen-bond acceptors (Lipinski definition) is 3. The molecule has 88 valence electrons. The molecule has 1 fully saturated rings. The summed E-state index contributed by atoms with van der Waals surface area (Å²) in [4.78, 5) is 0. The molecule has 16 heavy (non-hydrogen) atoms. The molecule has 1 aliphatic carbocycles. The lowest BCUT2D eigenvalue weighted by Crippen LogP contribution is -2.20. The van der Waals surface area contributed by atoms with Crippen molar-refractivity contribution in [1.82, 2.24) is 0 Å². The molecule has 1 aromatic rings. The summed E-state index contributed by atoms with van der Waals surface area (Å²) in [6.45, 7) is 0.618. The van der Waals surface area contributed by atoms with Gasteiger partial charge in [-0.2, -0.15) is 0 Å². The first-order chi connectivity index (χ1) is 7.66. The van der Waals surface area contributed by atoms with E-state index in [-0.39, 0.29) is 5.41 Å². The van der Waals surface area contributed by atoms with Gasteiger partial charge < -0.3 is 15.2 Å². The first kappa shape index (κ1) is 11.6. The van der Waals surface area contributed by atoms with Crippen LogP contribution in [0.3, 0.4) is 0 Å². The number of benzene rings is 1. The van der Waals surface area contributed by atoms with Gasteiger partial charge in [0.25, 0.3) is 0 Å². The Labute approximate surface area is 100 Å². The third-order valence-corrected chi connectivity index (χ3v) is 3.48. The molecule has 0 amide bonds. The zero-order chi connectivity index (χ0) is 11.8. The Kier molecular flexibility index (Phi) is 3.00. The standard InChI is InChI=1S/C12H16ClNO2/c1-15-10-6-8(13)5-9(11(10)16-2)12(7-14)3-4-12/h5-6H,3-4,7,14H2,1-2H3. The SMILES string of the molecule is COc1cc(Cl)cc(C2(CN)CC2)c1OC. The Bertz CT molecular complexity index is 402. The summed E-state index contributed by atoms with van der Waals surface area (Å²) in [5.74, 6) is 1.43. The maximum Gasteiger partial charge on any atom is 0.164 e. The summed E-state index contributed by atoms with van der Waals surface area (Å²) >= 11 is 6.07. The summed E-state index contributed by atoms with van der Waals surface area (Å²) < 4.78 is 10.7. The minimum absolute atomic E-state index is 0.0452. The molecule has 0 unspecified atom stereocenters. The summed E-state index contributed by atoms with van der Waals surface area (Å²) in [7, 11) is 3.25. The van der Waals surface area contributed by atoms with Crippen LogP contribution in [0, 0.1) is 0 Å². The molecule has 2 N–H and O–H groups in total. The molecule has 1 saturated carbocycles. The van der Waals surface area contributed by atoms with E-state index in [0.29, 0.717) is 17.3 Å². The number of rotatable bonds is 4. The lowest BCUT2D eigenvalue weighted by Gasteiger charge is -2.19. The average molecular weight is 242 g/mol. The van der Waals surface area contributed by atoms with Crippen LogP contribution in [0.15, 0.2) is 12.1 Å². The number of methoxy groups -OCH3 is 2. The molecule has 0 aliphatic heterocycles. The Morgan fingerprint density at radius 1 is 1.31 bits per heavy atom. The second-order valence-corrected chi connectivity index (χ2v) is 4.61. The van der Waals surface area contributed by atoms with Crippen LogP contribution in [-0.4, -0.2) is 20.8 Å². The molecule has 1 aliphatic rings. The van der Waals surface area contributed by atoms with Crippen LogP contribution >= 0.6 is 11.6 Å². The fourth-order valence-electron chi connectivity index (χ4n) is 2.06. The molecule has 0 radical (unpaired) electrons. The Hall–Kier alpha value is -0.930. The number of hydrogen-bond donors (Lipinski definition) is 1. The van der Waals surface area contributed by atoms with Crippen molar-refractivity contribution in [2.75, 3.05) is 20.8 Å². The highest BCUT2D eigenvalue weighted by molar-refractivity contribution is 6.30. The van der Waals surface area contributed by atoms with Crippen molar-refractivity contribution < 1.29 is 9.47 Å². The second kappa shape index (κ2) is 4.15. The molecule has 0 atom stereocenters.